The van der Waals surface area contributed by atoms with Gasteiger partial charge in [-0.2, -0.15) is 13.2 Å². The van der Waals surface area contributed by atoms with E-state index in [2.05, 4.69) is 20.9 Å². The van der Waals surface area contributed by atoms with Crippen LogP contribution >= 0.6 is 0 Å². The smallest absolute Gasteiger partial charge is 0.374 e. The molecule has 3 amide bonds. The van der Waals surface area contributed by atoms with Crippen LogP contribution in [0.25, 0.3) is 22.0 Å². The van der Waals surface area contributed by atoms with Gasteiger partial charge in [0.2, 0.25) is 17.7 Å². The highest BCUT2D eigenvalue weighted by atomic mass is 19.4. The number of alkyl halides is 3. The van der Waals surface area contributed by atoms with E-state index in [1.54, 1.807) is 18.3 Å². The van der Waals surface area contributed by atoms with Gasteiger partial charge in [-0.3, -0.25) is 14.4 Å². The van der Waals surface area contributed by atoms with E-state index in [1.807, 2.05) is 24.3 Å². The summed E-state index contributed by atoms with van der Waals surface area (Å²) in [5, 5.41) is 9.27. The van der Waals surface area contributed by atoms with Crippen molar-refractivity contribution >= 4 is 40.0 Å². The normalized spacial score (nSPS) is 18.1. The molecule has 1 aliphatic rings. The zero-order valence-electron chi connectivity index (χ0n) is 24.0. The summed E-state index contributed by atoms with van der Waals surface area (Å²) < 4.78 is 43.1. The first-order chi connectivity index (χ1) is 21.1. The quantitative estimate of drug-likeness (QED) is 0.228. The molecule has 0 aliphatic carbocycles. The molecule has 5 rings (SSSR count). The predicted molar refractivity (Wildman–Crippen MR) is 163 cm³/mol. The van der Waals surface area contributed by atoms with Crippen LogP contribution in [0.3, 0.4) is 0 Å². The number of hydrogen-bond donors (Lipinski definition) is 5. The third-order valence-corrected chi connectivity index (χ3v) is 7.80. The zero-order valence-corrected chi connectivity index (χ0v) is 24.0. The molecule has 12 heteroatoms. The Balaban J connectivity index is 1.63. The van der Waals surface area contributed by atoms with E-state index in [4.69, 9.17) is 5.73 Å². The van der Waals surface area contributed by atoms with Crippen LogP contribution in [0, 0.1) is 0 Å². The van der Waals surface area contributed by atoms with Crippen molar-refractivity contribution in [3.63, 3.8) is 0 Å². The molecule has 0 fully saturated rings. The van der Waals surface area contributed by atoms with Crippen molar-refractivity contribution in [1.82, 2.24) is 15.2 Å². The average molecular weight is 607 g/mol. The van der Waals surface area contributed by atoms with Crippen molar-refractivity contribution in [3.8, 4) is 11.1 Å². The number of H-pyrrole nitrogens is 1. The van der Waals surface area contributed by atoms with Crippen molar-refractivity contribution in [1.29, 1.82) is 0 Å². The second-order valence-electron chi connectivity index (χ2n) is 10.7. The largest absolute Gasteiger partial charge is 0.417 e. The number of nitrogens with one attached hydrogen (secondary N) is 4. The molecular formula is C32H33F3N6O3. The average Bonchev–Trinajstić information content (AvgIpc) is 3.42. The van der Waals surface area contributed by atoms with Gasteiger partial charge in [0.15, 0.2) is 0 Å². The lowest BCUT2D eigenvalue weighted by Gasteiger charge is -2.28. The molecule has 44 heavy (non-hydrogen) atoms. The lowest BCUT2D eigenvalue weighted by Crippen LogP contribution is -2.51. The Morgan fingerprint density at radius 1 is 0.977 bits per heavy atom. The molecule has 4 aromatic rings. The second kappa shape index (κ2) is 12.8. The maximum atomic E-state index is 14.4. The molecule has 1 aliphatic heterocycles. The monoisotopic (exact) mass is 606 g/mol. The molecule has 9 nitrogen and oxygen atoms in total. The topological polar surface area (TPSA) is 132 Å². The van der Waals surface area contributed by atoms with Crippen LogP contribution in [0.2, 0.25) is 0 Å². The molecule has 0 radical (unpaired) electrons. The summed E-state index contributed by atoms with van der Waals surface area (Å²) in [4.78, 5) is 44.9. The number of carbonyl (C=O) groups excluding carboxylic acids is 3. The Bertz CT molecular complexity index is 1690. The molecular weight excluding hydrogens is 573 g/mol. The minimum Gasteiger partial charge on any atom is -0.374 e. The van der Waals surface area contributed by atoms with Crippen molar-refractivity contribution in [2.75, 3.05) is 30.8 Å². The van der Waals surface area contributed by atoms with E-state index in [-0.39, 0.29) is 29.8 Å². The number of anilines is 2. The fraction of sp³-hybridized carbons (Fsp3) is 0.281. The summed E-state index contributed by atoms with van der Waals surface area (Å²) in [6.45, 7) is -0.0680. The first kappa shape index (κ1) is 30.6. The Morgan fingerprint density at radius 2 is 1.75 bits per heavy atom. The van der Waals surface area contributed by atoms with E-state index in [9.17, 15) is 27.6 Å². The van der Waals surface area contributed by atoms with Crippen LogP contribution in [0.15, 0.2) is 72.9 Å². The number of benzene rings is 3. The first-order valence-corrected chi connectivity index (χ1v) is 14.2. The number of nitrogens with zero attached hydrogens (tertiary/aromatic N) is 1. The number of carbonyl (C=O) groups is 3. The number of amides is 3. The molecule has 3 aromatic carbocycles. The Morgan fingerprint density at radius 3 is 2.52 bits per heavy atom. The van der Waals surface area contributed by atoms with Crippen molar-refractivity contribution in [2.45, 2.75) is 37.5 Å². The van der Waals surface area contributed by atoms with Gasteiger partial charge in [0, 0.05) is 47.5 Å². The lowest BCUT2D eigenvalue weighted by molar-refractivity contribution is -0.137. The fourth-order valence-corrected chi connectivity index (χ4v) is 5.47. The standard InChI is InChI=1S/C32H33F3N6O3/c1-41-27(16-20-17-37-24-11-3-2-9-22(20)24)31(44)40-25-12-5-10-23(32(33,34)35)29(25)19-7-4-8-21(15-19)39-26(13-6-14-36)30(43)38-18-28(41)42/h2-5,7-12,15,17,26-27,37,39H,6,13-14,16,18,36H2,1H3,(H,38,43)(H,40,44). The minimum atomic E-state index is -4.73. The third-order valence-electron chi connectivity index (χ3n) is 7.80. The summed E-state index contributed by atoms with van der Waals surface area (Å²) in [7, 11) is 1.44. The Hall–Kier alpha value is -4.84. The summed E-state index contributed by atoms with van der Waals surface area (Å²) in [5.41, 5.74) is 6.61. The molecule has 230 valence electrons. The van der Waals surface area contributed by atoms with Gasteiger partial charge >= 0.3 is 6.18 Å². The number of hydrogen-bond acceptors (Lipinski definition) is 5. The van der Waals surface area contributed by atoms with Crippen LogP contribution < -0.4 is 21.7 Å². The molecule has 2 atom stereocenters. The second-order valence-corrected chi connectivity index (χ2v) is 10.7. The molecule has 6 N–H and O–H groups in total. The van der Waals surface area contributed by atoms with Crippen LogP contribution in [-0.4, -0.2) is 59.8 Å². The van der Waals surface area contributed by atoms with Gasteiger partial charge in [-0.05, 0) is 60.8 Å². The van der Waals surface area contributed by atoms with Gasteiger partial charge in [0.25, 0.3) is 0 Å². The zero-order chi connectivity index (χ0) is 31.4. The van der Waals surface area contributed by atoms with Gasteiger partial charge in [0.05, 0.1) is 12.1 Å². The third kappa shape index (κ3) is 6.55. The molecule has 0 saturated heterocycles. The van der Waals surface area contributed by atoms with Crippen molar-refractivity contribution in [3.05, 3.63) is 84.1 Å². The van der Waals surface area contributed by atoms with Crippen LogP contribution in [0.5, 0.6) is 0 Å². The number of likely N-dealkylation sites (N-methyl/N-ethyl adjacent to an activating group) is 1. The van der Waals surface area contributed by atoms with E-state index in [0.29, 0.717) is 25.1 Å². The first-order valence-electron chi connectivity index (χ1n) is 14.2. The number of fused-ring (bicyclic) bond motifs is 5. The molecule has 2 unspecified atom stereocenters. The Labute approximate surface area is 252 Å². The number of halogens is 3. The van der Waals surface area contributed by atoms with Crippen molar-refractivity contribution in [2.24, 2.45) is 5.73 Å². The van der Waals surface area contributed by atoms with E-state index >= 15 is 0 Å². The number of nitrogens with two attached hydrogens (primary N) is 1. The predicted octanol–water partition coefficient (Wildman–Crippen LogP) is 4.51. The molecule has 2 heterocycles. The van der Waals surface area contributed by atoms with E-state index < -0.39 is 41.5 Å². The number of rotatable bonds is 5. The summed E-state index contributed by atoms with van der Waals surface area (Å²) in [5.74, 6) is -1.70. The van der Waals surface area contributed by atoms with Gasteiger partial charge in [-0.25, -0.2) is 0 Å². The number of aromatic amines is 1. The molecule has 0 saturated carbocycles. The maximum absolute atomic E-state index is 14.4. The van der Waals surface area contributed by atoms with Gasteiger partial charge < -0.3 is 31.6 Å². The highest BCUT2D eigenvalue weighted by molar-refractivity contribution is 6.02. The summed E-state index contributed by atoms with van der Waals surface area (Å²) in [6.07, 6.45) is -2.11. The number of para-hydroxylation sites is 1. The lowest BCUT2D eigenvalue weighted by atomic mass is 9.96. The van der Waals surface area contributed by atoms with E-state index in [0.717, 1.165) is 22.5 Å². The highest BCUT2D eigenvalue weighted by Crippen LogP contribution is 2.42. The molecule has 1 aromatic heterocycles. The summed E-state index contributed by atoms with van der Waals surface area (Å²) in [6, 6.07) is 15.3. The molecule has 2 bridgehead atoms. The van der Waals surface area contributed by atoms with E-state index in [1.165, 1.54) is 36.2 Å². The Kier molecular flexibility index (Phi) is 8.91. The van der Waals surface area contributed by atoms with Gasteiger partial charge in [-0.15, -0.1) is 0 Å². The van der Waals surface area contributed by atoms with Crippen LogP contribution in [-0.2, 0) is 27.0 Å². The van der Waals surface area contributed by atoms with Crippen LogP contribution in [0.1, 0.15) is 24.0 Å². The maximum Gasteiger partial charge on any atom is 0.417 e. The number of aromatic nitrogens is 1. The fourth-order valence-electron chi connectivity index (χ4n) is 5.47. The highest BCUT2D eigenvalue weighted by Gasteiger charge is 2.36. The van der Waals surface area contributed by atoms with Crippen molar-refractivity contribution < 1.29 is 27.6 Å². The molecule has 0 spiro atoms. The SMILES string of the molecule is CN1C(=O)CNC(=O)C(CCCN)Nc2cccc(c2)-c2c(cccc2C(F)(F)F)NC(=O)C1Cc1c[nH]c2ccccc12. The van der Waals surface area contributed by atoms with Crippen LogP contribution in [0.4, 0.5) is 24.5 Å². The minimum absolute atomic E-state index is 0.0597. The summed E-state index contributed by atoms with van der Waals surface area (Å²) >= 11 is 0. The van der Waals surface area contributed by atoms with Gasteiger partial charge in [0.1, 0.15) is 12.1 Å². The van der Waals surface area contributed by atoms with Gasteiger partial charge in [-0.1, -0.05) is 36.4 Å².